The summed E-state index contributed by atoms with van der Waals surface area (Å²) in [5, 5.41) is 3.16. The molecule has 4 aromatic rings. The van der Waals surface area contributed by atoms with Gasteiger partial charge in [0, 0.05) is 67.3 Å². The summed E-state index contributed by atoms with van der Waals surface area (Å²) in [5.74, 6) is 2.44. The van der Waals surface area contributed by atoms with Gasteiger partial charge in [0.15, 0.2) is 5.65 Å². The van der Waals surface area contributed by atoms with E-state index in [2.05, 4.69) is 56.5 Å². The molecule has 1 saturated heterocycles. The zero-order valence-corrected chi connectivity index (χ0v) is 20.6. The molecule has 5 heterocycles. The van der Waals surface area contributed by atoms with Crippen molar-refractivity contribution in [1.82, 2.24) is 24.3 Å². The number of anilines is 2. The predicted octanol–water partition coefficient (Wildman–Crippen LogP) is 3.54. The minimum Gasteiger partial charge on any atom is -0.373 e. The van der Waals surface area contributed by atoms with Gasteiger partial charge in [-0.2, -0.15) is 0 Å². The van der Waals surface area contributed by atoms with Crippen molar-refractivity contribution in [3.8, 4) is 0 Å². The van der Waals surface area contributed by atoms with Crippen molar-refractivity contribution in [2.45, 2.75) is 41.8 Å². The molecule has 9 heteroatoms. The van der Waals surface area contributed by atoms with Crippen LogP contribution in [-0.4, -0.2) is 52.3 Å². The lowest BCUT2D eigenvalue weighted by molar-refractivity contribution is 0.222. The summed E-state index contributed by atoms with van der Waals surface area (Å²) in [4.78, 5) is 23.3. The molecule has 1 fully saturated rings. The average Bonchev–Trinajstić information content (AvgIpc) is 3.46. The number of nitrogens with one attached hydrogen (secondary N) is 1. The third-order valence-electron chi connectivity index (χ3n) is 7.86. The standard InChI is InChI=1S/C25H28BN7S/c1-16-19(5-9-29-22(16)27-2)34-20-15-31-24(33-13-10-30-23(20)33)32-11-6-25(7-12-32)14-18-17(21(25)26)4-3-8-28-18/h3-5,8-10,13,15,21H,6-7,11-12,14,26H2,1-2H3,(H,27,29). The Morgan fingerprint density at radius 1 is 1.06 bits per heavy atom. The Balaban J connectivity index is 1.25. The van der Waals surface area contributed by atoms with Crippen LogP contribution in [0.5, 0.6) is 0 Å². The van der Waals surface area contributed by atoms with Crippen LogP contribution < -0.4 is 10.2 Å². The minimum absolute atomic E-state index is 0.320. The van der Waals surface area contributed by atoms with Crippen LogP contribution in [0.3, 0.4) is 0 Å². The first-order valence-corrected chi connectivity index (χ1v) is 12.7. The van der Waals surface area contributed by atoms with E-state index in [1.165, 1.54) is 11.3 Å². The first kappa shape index (κ1) is 21.5. The van der Waals surface area contributed by atoms with Crippen LogP contribution in [0.4, 0.5) is 11.8 Å². The van der Waals surface area contributed by atoms with Crippen molar-refractivity contribution in [2.24, 2.45) is 5.41 Å². The number of rotatable bonds is 4. The molecule has 0 radical (unpaired) electrons. The Morgan fingerprint density at radius 2 is 1.91 bits per heavy atom. The fourth-order valence-corrected chi connectivity index (χ4v) is 6.72. The smallest absolute Gasteiger partial charge is 0.211 e. The van der Waals surface area contributed by atoms with Gasteiger partial charge in [0.1, 0.15) is 13.7 Å². The van der Waals surface area contributed by atoms with E-state index in [9.17, 15) is 0 Å². The van der Waals surface area contributed by atoms with Crippen molar-refractivity contribution in [3.05, 3.63) is 66.0 Å². The number of imidazole rings is 1. The second-order valence-corrected chi connectivity index (χ2v) is 10.5. The molecule has 0 amide bonds. The summed E-state index contributed by atoms with van der Waals surface area (Å²) < 4.78 is 2.14. The summed E-state index contributed by atoms with van der Waals surface area (Å²) >= 11 is 1.69. The predicted molar refractivity (Wildman–Crippen MR) is 139 cm³/mol. The van der Waals surface area contributed by atoms with E-state index in [1.54, 1.807) is 11.8 Å². The van der Waals surface area contributed by atoms with Gasteiger partial charge < -0.3 is 10.2 Å². The molecule has 1 aliphatic heterocycles. The highest BCUT2D eigenvalue weighted by atomic mass is 32.2. The van der Waals surface area contributed by atoms with Crippen molar-refractivity contribution in [1.29, 1.82) is 0 Å². The first-order chi connectivity index (χ1) is 16.6. The normalized spacial score (nSPS) is 19.0. The van der Waals surface area contributed by atoms with Gasteiger partial charge in [-0.1, -0.05) is 17.8 Å². The van der Waals surface area contributed by atoms with Crippen molar-refractivity contribution in [2.75, 3.05) is 30.4 Å². The monoisotopic (exact) mass is 469 g/mol. The molecule has 6 rings (SSSR count). The Hall–Kier alpha value is -3.07. The second-order valence-electron chi connectivity index (χ2n) is 9.47. The van der Waals surface area contributed by atoms with Crippen LogP contribution in [0, 0.1) is 12.3 Å². The zero-order valence-electron chi connectivity index (χ0n) is 19.8. The summed E-state index contributed by atoms with van der Waals surface area (Å²) in [7, 11) is 4.29. The SMILES string of the molecule is BC1c2cccnc2CC12CCN(c1ncc(Sc3ccnc(NC)c3C)c3nccn13)CC2. The van der Waals surface area contributed by atoms with Crippen LogP contribution in [0.1, 0.15) is 35.5 Å². The number of nitrogens with zero attached hydrogens (tertiary/aromatic N) is 6. The summed E-state index contributed by atoms with van der Waals surface area (Å²) in [6.07, 6.45) is 13.1. The Labute approximate surface area is 204 Å². The van der Waals surface area contributed by atoms with Crippen molar-refractivity contribution >= 4 is 37.0 Å². The summed E-state index contributed by atoms with van der Waals surface area (Å²) in [6, 6.07) is 6.40. The molecule has 2 aliphatic rings. The third kappa shape index (κ3) is 3.36. The van der Waals surface area contributed by atoms with Gasteiger partial charge in [0.2, 0.25) is 5.95 Å². The Bertz CT molecular complexity index is 1360. The van der Waals surface area contributed by atoms with Gasteiger partial charge in [-0.3, -0.25) is 9.38 Å². The number of pyridine rings is 2. The lowest BCUT2D eigenvalue weighted by atomic mass is 9.61. The zero-order chi connectivity index (χ0) is 23.3. The van der Waals surface area contributed by atoms with E-state index in [4.69, 9.17) is 4.98 Å². The molecule has 7 nitrogen and oxygen atoms in total. The quantitative estimate of drug-likeness (QED) is 0.459. The number of aromatic nitrogens is 5. The molecular formula is C25H28BN7S. The highest BCUT2D eigenvalue weighted by Crippen LogP contribution is 2.51. The highest BCUT2D eigenvalue weighted by Gasteiger charge is 2.46. The molecule has 172 valence electrons. The maximum atomic E-state index is 4.93. The second kappa shape index (κ2) is 8.30. The van der Waals surface area contributed by atoms with Gasteiger partial charge >= 0.3 is 0 Å². The van der Waals surface area contributed by atoms with E-state index < -0.39 is 0 Å². The van der Waals surface area contributed by atoms with Gasteiger partial charge in [0.05, 0.1) is 4.90 Å². The number of piperidine rings is 1. The molecule has 0 saturated carbocycles. The minimum atomic E-state index is 0.320. The van der Waals surface area contributed by atoms with E-state index in [0.29, 0.717) is 11.2 Å². The lowest BCUT2D eigenvalue weighted by Gasteiger charge is -2.42. The van der Waals surface area contributed by atoms with E-state index in [0.717, 1.165) is 65.1 Å². The fraction of sp³-hybridized carbons (Fsp3) is 0.360. The molecule has 1 N–H and O–H groups in total. The molecule has 0 bridgehead atoms. The van der Waals surface area contributed by atoms with Gasteiger partial charge in [0.25, 0.3) is 0 Å². The molecule has 1 atom stereocenters. The maximum absolute atomic E-state index is 4.93. The maximum Gasteiger partial charge on any atom is 0.211 e. The van der Waals surface area contributed by atoms with Crippen molar-refractivity contribution < 1.29 is 0 Å². The molecule has 4 aromatic heterocycles. The van der Waals surface area contributed by atoms with Gasteiger partial charge in [-0.15, -0.1) is 0 Å². The van der Waals surface area contributed by atoms with Crippen LogP contribution in [0.2, 0.25) is 0 Å². The van der Waals surface area contributed by atoms with Crippen molar-refractivity contribution in [3.63, 3.8) is 0 Å². The molecule has 1 unspecified atom stereocenters. The molecule has 34 heavy (non-hydrogen) atoms. The molecule has 1 spiro atoms. The van der Waals surface area contributed by atoms with E-state index >= 15 is 0 Å². The fourth-order valence-electron chi connectivity index (χ4n) is 5.76. The topological polar surface area (TPSA) is 71.2 Å². The molecular weight excluding hydrogens is 441 g/mol. The average molecular weight is 469 g/mol. The van der Waals surface area contributed by atoms with Gasteiger partial charge in [-0.05, 0) is 55.1 Å². The highest BCUT2D eigenvalue weighted by molar-refractivity contribution is 7.99. The number of hydrogen-bond donors (Lipinski definition) is 1. The van der Waals surface area contributed by atoms with Crippen LogP contribution in [0.25, 0.3) is 5.65 Å². The number of fused-ring (bicyclic) bond motifs is 2. The summed E-state index contributed by atoms with van der Waals surface area (Å²) in [6.45, 7) is 4.09. The Kier molecular flexibility index (Phi) is 5.24. The van der Waals surface area contributed by atoms with Gasteiger partial charge in [-0.25, -0.2) is 15.0 Å². The molecule has 1 aliphatic carbocycles. The third-order valence-corrected chi connectivity index (χ3v) is 9.03. The van der Waals surface area contributed by atoms with E-state index in [1.807, 2.05) is 44.1 Å². The number of hydrogen-bond acceptors (Lipinski definition) is 7. The van der Waals surface area contributed by atoms with Crippen LogP contribution in [-0.2, 0) is 6.42 Å². The van der Waals surface area contributed by atoms with E-state index in [-0.39, 0.29) is 0 Å². The lowest BCUT2D eigenvalue weighted by Crippen LogP contribution is -2.43. The Morgan fingerprint density at radius 3 is 2.71 bits per heavy atom. The summed E-state index contributed by atoms with van der Waals surface area (Å²) in [5.41, 5.74) is 5.14. The largest absolute Gasteiger partial charge is 0.373 e. The van der Waals surface area contributed by atoms with Crippen LogP contribution >= 0.6 is 11.8 Å². The van der Waals surface area contributed by atoms with Crippen LogP contribution in [0.15, 0.2) is 59.0 Å². The first-order valence-electron chi connectivity index (χ1n) is 11.9. The molecule has 0 aromatic carbocycles.